The molecule has 0 bridgehead atoms. The lowest BCUT2D eigenvalue weighted by atomic mass is 9.95. The molecule has 0 spiro atoms. The van der Waals surface area contributed by atoms with E-state index in [9.17, 15) is 5.11 Å². The van der Waals surface area contributed by atoms with Gasteiger partial charge in [-0.2, -0.15) is 5.10 Å². The summed E-state index contributed by atoms with van der Waals surface area (Å²) in [6.45, 7) is 3.93. The minimum Gasteiger partial charge on any atom is -0.383 e. The van der Waals surface area contributed by atoms with Gasteiger partial charge in [-0.25, -0.2) is 0 Å². The van der Waals surface area contributed by atoms with Gasteiger partial charge in [0, 0.05) is 18.3 Å². The first kappa shape index (κ1) is 12.9. The van der Waals surface area contributed by atoms with Crippen molar-refractivity contribution >= 4 is 10.8 Å². The van der Waals surface area contributed by atoms with E-state index in [1.54, 1.807) is 0 Å². The molecule has 2 aromatic carbocycles. The van der Waals surface area contributed by atoms with Crippen molar-refractivity contribution in [2.75, 3.05) is 0 Å². The number of nitrogens with zero attached hydrogens (tertiary/aromatic N) is 2. The van der Waals surface area contributed by atoms with Crippen LogP contribution in [0.3, 0.4) is 0 Å². The highest BCUT2D eigenvalue weighted by molar-refractivity contribution is 5.86. The van der Waals surface area contributed by atoms with Crippen LogP contribution in [-0.2, 0) is 7.05 Å². The number of rotatable bonds is 2. The average molecular weight is 266 g/mol. The van der Waals surface area contributed by atoms with Gasteiger partial charge in [0.1, 0.15) is 6.10 Å². The van der Waals surface area contributed by atoms with Gasteiger partial charge >= 0.3 is 0 Å². The maximum absolute atomic E-state index is 10.8. The van der Waals surface area contributed by atoms with Crippen LogP contribution in [0.4, 0.5) is 0 Å². The van der Waals surface area contributed by atoms with Crippen LogP contribution in [0.1, 0.15) is 28.6 Å². The maximum atomic E-state index is 10.8. The summed E-state index contributed by atoms with van der Waals surface area (Å²) in [6, 6.07) is 14.2. The molecule has 3 rings (SSSR count). The SMILES string of the molecule is Cc1nn(C)c(C)c1C(O)c1cccc2ccccc12. The fraction of sp³-hybridized carbons (Fsp3) is 0.235. The highest BCUT2D eigenvalue weighted by atomic mass is 16.3. The molecule has 0 aliphatic carbocycles. The molecule has 3 heteroatoms. The molecule has 0 saturated carbocycles. The molecule has 1 unspecified atom stereocenters. The topological polar surface area (TPSA) is 38.0 Å². The number of aliphatic hydroxyl groups excluding tert-OH is 1. The summed E-state index contributed by atoms with van der Waals surface area (Å²) in [6.07, 6.45) is -0.644. The lowest BCUT2D eigenvalue weighted by Gasteiger charge is -2.14. The third-order valence-electron chi connectivity index (χ3n) is 3.96. The van der Waals surface area contributed by atoms with E-state index in [4.69, 9.17) is 0 Å². The number of aliphatic hydroxyl groups is 1. The molecule has 0 fully saturated rings. The molecule has 20 heavy (non-hydrogen) atoms. The fourth-order valence-corrected chi connectivity index (χ4v) is 2.83. The third-order valence-corrected chi connectivity index (χ3v) is 3.96. The zero-order valence-electron chi connectivity index (χ0n) is 12.0. The lowest BCUT2D eigenvalue weighted by Crippen LogP contribution is -2.04. The molecule has 0 aliphatic heterocycles. The van der Waals surface area contributed by atoms with Crippen LogP contribution in [0.5, 0.6) is 0 Å². The molecular weight excluding hydrogens is 248 g/mol. The van der Waals surface area contributed by atoms with Gasteiger partial charge in [-0.15, -0.1) is 0 Å². The van der Waals surface area contributed by atoms with Crippen LogP contribution in [0, 0.1) is 13.8 Å². The van der Waals surface area contributed by atoms with Crippen molar-refractivity contribution in [3.05, 3.63) is 65.0 Å². The molecule has 1 N–H and O–H groups in total. The van der Waals surface area contributed by atoms with Gasteiger partial charge in [-0.05, 0) is 30.2 Å². The van der Waals surface area contributed by atoms with Crippen LogP contribution in [0.2, 0.25) is 0 Å². The Hall–Kier alpha value is -2.13. The molecule has 1 aromatic heterocycles. The van der Waals surface area contributed by atoms with Gasteiger partial charge in [0.15, 0.2) is 0 Å². The minimum atomic E-state index is -0.644. The summed E-state index contributed by atoms with van der Waals surface area (Å²) in [5.41, 5.74) is 3.72. The minimum absolute atomic E-state index is 0.644. The summed E-state index contributed by atoms with van der Waals surface area (Å²) < 4.78 is 1.82. The van der Waals surface area contributed by atoms with Crippen molar-refractivity contribution in [2.45, 2.75) is 20.0 Å². The van der Waals surface area contributed by atoms with Crippen molar-refractivity contribution in [3.63, 3.8) is 0 Å². The van der Waals surface area contributed by atoms with E-state index >= 15 is 0 Å². The predicted molar refractivity (Wildman–Crippen MR) is 80.7 cm³/mol. The van der Waals surface area contributed by atoms with Gasteiger partial charge in [-0.1, -0.05) is 42.5 Å². The van der Waals surface area contributed by atoms with E-state index in [2.05, 4.69) is 23.3 Å². The first-order valence-corrected chi connectivity index (χ1v) is 6.75. The lowest BCUT2D eigenvalue weighted by molar-refractivity contribution is 0.220. The molecule has 3 aromatic rings. The van der Waals surface area contributed by atoms with Gasteiger partial charge in [0.05, 0.1) is 5.69 Å². The third kappa shape index (κ3) is 1.91. The average Bonchev–Trinajstić information content (AvgIpc) is 2.71. The summed E-state index contributed by atoms with van der Waals surface area (Å²) >= 11 is 0. The summed E-state index contributed by atoms with van der Waals surface area (Å²) in [5, 5.41) is 17.4. The zero-order chi connectivity index (χ0) is 14.3. The van der Waals surface area contributed by atoms with Gasteiger partial charge in [-0.3, -0.25) is 4.68 Å². The van der Waals surface area contributed by atoms with Gasteiger partial charge in [0.25, 0.3) is 0 Å². The Morgan fingerprint density at radius 2 is 1.75 bits per heavy atom. The van der Waals surface area contributed by atoms with Crippen LogP contribution in [-0.4, -0.2) is 14.9 Å². The Morgan fingerprint density at radius 3 is 2.45 bits per heavy atom. The van der Waals surface area contributed by atoms with Crippen molar-refractivity contribution in [2.24, 2.45) is 7.05 Å². The molecule has 0 amide bonds. The van der Waals surface area contributed by atoms with E-state index < -0.39 is 6.10 Å². The number of aromatic nitrogens is 2. The van der Waals surface area contributed by atoms with Crippen molar-refractivity contribution in [1.82, 2.24) is 9.78 Å². The highest BCUT2D eigenvalue weighted by Gasteiger charge is 2.20. The maximum Gasteiger partial charge on any atom is 0.108 e. The van der Waals surface area contributed by atoms with E-state index in [1.165, 1.54) is 0 Å². The first-order chi connectivity index (χ1) is 9.59. The molecule has 0 aliphatic rings. The Bertz CT molecular complexity index is 769. The fourth-order valence-electron chi connectivity index (χ4n) is 2.83. The van der Waals surface area contributed by atoms with Crippen LogP contribution >= 0.6 is 0 Å². The number of hydrogen-bond acceptors (Lipinski definition) is 2. The largest absolute Gasteiger partial charge is 0.383 e. The van der Waals surface area contributed by atoms with E-state index in [0.29, 0.717) is 0 Å². The number of benzene rings is 2. The van der Waals surface area contributed by atoms with E-state index in [1.807, 2.05) is 49.8 Å². The summed E-state index contributed by atoms with van der Waals surface area (Å²) in [5.74, 6) is 0. The monoisotopic (exact) mass is 266 g/mol. The Labute approximate surface area is 118 Å². The second-order valence-electron chi connectivity index (χ2n) is 5.18. The Balaban J connectivity index is 2.20. The number of fused-ring (bicyclic) bond motifs is 1. The van der Waals surface area contributed by atoms with Gasteiger partial charge in [0.2, 0.25) is 0 Å². The molecule has 102 valence electrons. The normalized spacial score (nSPS) is 12.8. The van der Waals surface area contributed by atoms with E-state index in [-0.39, 0.29) is 0 Å². The molecule has 1 atom stereocenters. The van der Waals surface area contributed by atoms with Crippen LogP contribution in [0.25, 0.3) is 10.8 Å². The first-order valence-electron chi connectivity index (χ1n) is 6.75. The standard InChI is InChI=1S/C17H18N2O/c1-11-16(12(2)19(3)18-11)17(20)15-10-6-8-13-7-4-5-9-14(13)15/h4-10,17,20H,1-3H3. The molecule has 0 radical (unpaired) electrons. The smallest absolute Gasteiger partial charge is 0.108 e. The Kier molecular flexibility index (Phi) is 3.07. The van der Waals surface area contributed by atoms with E-state index in [0.717, 1.165) is 33.3 Å². The molecule has 0 saturated heterocycles. The molecule has 1 heterocycles. The van der Waals surface area contributed by atoms with Crippen molar-refractivity contribution in [1.29, 1.82) is 0 Å². The summed E-state index contributed by atoms with van der Waals surface area (Å²) in [7, 11) is 1.90. The Morgan fingerprint density at radius 1 is 1.05 bits per heavy atom. The van der Waals surface area contributed by atoms with Gasteiger partial charge < -0.3 is 5.11 Å². The summed E-state index contributed by atoms with van der Waals surface area (Å²) in [4.78, 5) is 0. The highest BCUT2D eigenvalue weighted by Crippen LogP contribution is 2.31. The molecular formula is C17H18N2O. The number of aryl methyl sites for hydroxylation is 2. The quantitative estimate of drug-likeness (QED) is 0.773. The van der Waals surface area contributed by atoms with Crippen LogP contribution < -0.4 is 0 Å². The van der Waals surface area contributed by atoms with Crippen molar-refractivity contribution < 1.29 is 5.11 Å². The van der Waals surface area contributed by atoms with Crippen molar-refractivity contribution in [3.8, 4) is 0 Å². The zero-order valence-corrected chi connectivity index (χ0v) is 12.0. The second kappa shape index (κ2) is 4.76. The predicted octanol–water partition coefficient (Wildman–Crippen LogP) is 3.27. The molecule has 3 nitrogen and oxygen atoms in total. The number of hydrogen-bond donors (Lipinski definition) is 1. The second-order valence-corrected chi connectivity index (χ2v) is 5.18. The van der Waals surface area contributed by atoms with Crippen LogP contribution in [0.15, 0.2) is 42.5 Å².